The lowest BCUT2D eigenvalue weighted by Gasteiger charge is -2.33. The van der Waals surface area contributed by atoms with Crippen molar-refractivity contribution in [2.75, 3.05) is 24.6 Å². The Kier molecular flexibility index (Phi) is 7.25. The Morgan fingerprint density at radius 2 is 1.79 bits per heavy atom. The fraction of sp³-hybridized carbons (Fsp3) is 0.591. The number of hydrogen-bond acceptors (Lipinski definition) is 5. The van der Waals surface area contributed by atoms with Gasteiger partial charge in [-0.25, -0.2) is 4.90 Å². The van der Waals surface area contributed by atoms with E-state index in [2.05, 4.69) is 6.92 Å². The number of hydrogen-bond donors (Lipinski definition) is 1. The fourth-order valence-electron chi connectivity index (χ4n) is 4.08. The number of rotatable bonds is 9. The Hall–Kier alpha value is -2.41. The lowest BCUT2D eigenvalue weighted by Crippen LogP contribution is -2.47. The molecular weight excluding hydrogens is 370 g/mol. The summed E-state index contributed by atoms with van der Waals surface area (Å²) in [4.78, 5) is 40.1. The molecule has 1 aromatic rings. The summed E-state index contributed by atoms with van der Waals surface area (Å²) in [5.74, 6) is -0.0581. The highest BCUT2D eigenvalue weighted by Gasteiger charge is 2.43. The predicted molar refractivity (Wildman–Crippen MR) is 110 cm³/mol. The maximum Gasteiger partial charge on any atom is 0.251 e. The van der Waals surface area contributed by atoms with Crippen LogP contribution in [0.15, 0.2) is 24.3 Å². The van der Waals surface area contributed by atoms with Crippen LogP contribution in [0, 0.1) is 5.92 Å². The van der Waals surface area contributed by atoms with E-state index in [1.807, 2.05) is 4.90 Å². The van der Waals surface area contributed by atoms with Crippen LogP contribution in [0.3, 0.4) is 0 Å². The minimum absolute atomic E-state index is 0.135. The molecule has 0 spiro atoms. The van der Waals surface area contributed by atoms with Gasteiger partial charge in [0.1, 0.15) is 5.75 Å². The molecule has 0 unspecified atom stereocenters. The largest absolute Gasteiger partial charge is 0.494 e. The van der Waals surface area contributed by atoms with Crippen LogP contribution >= 0.6 is 0 Å². The predicted octanol–water partition coefficient (Wildman–Crippen LogP) is 2.47. The number of nitrogens with two attached hydrogens (primary N) is 1. The number of benzene rings is 1. The number of amides is 3. The van der Waals surface area contributed by atoms with Crippen molar-refractivity contribution in [2.45, 2.75) is 57.9 Å². The highest BCUT2D eigenvalue weighted by molar-refractivity contribution is 6.22. The summed E-state index contributed by atoms with van der Waals surface area (Å²) in [5, 5.41) is 0. The van der Waals surface area contributed by atoms with Gasteiger partial charge in [-0.3, -0.25) is 19.3 Å². The second kappa shape index (κ2) is 9.87. The molecule has 1 aromatic carbocycles. The highest BCUT2D eigenvalue weighted by atomic mass is 16.5. The van der Waals surface area contributed by atoms with Crippen molar-refractivity contribution in [3.8, 4) is 5.75 Å². The van der Waals surface area contributed by atoms with Crippen LogP contribution in [0.2, 0.25) is 0 Å². The van der Waals surface area contributed by atoms with Crippen LogP contribution in [-0.2, 0) is 14.4 Å². The van der Waals surface area contributed by atoms with Crippen LogP contribution in [0.5, 0.6) is 5.75 Å². The van der Waals surface area contributed by atoms with Gasteiger partial charge in [0.25, 0.3) is 5.91 Å². The number of primary amides is 1. The van der Waals surface area contributed by atoms with E-state index in [9.17, 15) is 14.4 Å². The van der Waals surface area contributed by atoms with E-state index >= 15 is 0 Å². The molecule has 0 radical (unpaired) electrons. The number of carbonyl (C=O) groups excluding carboxylic acids is 3. The van der Waals surface area contributed by atoms with Crippen molar-refractivity contribution < 1.29 is 19.1 Å². The average Bonchev–Trinajstić information content (AvgIpc) is 3.02. The summed E-state index contributed by atoms with van der Waals surface area (Å²) in [6, 6.07) is 6.69. The number of unbranched alkanes of at least 4 members (excludes halogenated alkanes) is 3. The van der Waals surface area contributed by atoms with Gasteiger partial charge in [-0.1, -0.05) is 26.2 Å². The average molecular weight is 402 g/mol. The first kappa shape index (κ1) is 21.3. The van der Waals surface area contributed by atoms with E-state index in [1.54, 1.807) is 24.3 Å². The molecule has 0 aromatic heterocycles. The van der Waals surface area contributed by atoms with Crippen LogP contribution in [-0.4, -0.2) is 48.4 Å². The second-order valence-electron chi connectivity index (χ2n) is 7.90. The van der Waals surface area contributed by atoms with Crippen LogP contribution in [0.25, 0.3) is 0 Å². The molecule has 7 heteroatoms. The smallest absolute Gasteiger partial charge is 0.251 e. The Morgan fingerprint density at radius 3 is 2.41 bits per heavy atom. The molecule has 0 saturated carbocycles. The van der Waals surface area contributed by atoms with E-state index < -0.39 is 6.04 Å². The van der Waals surface area contributed by atoms with E-state index in [-0.39, 0.29) is 30.1 Å². The standard InChI is InChI=1S/C22H31N3O4/c1-2-3-4-5-14-29-18-8-6-17(7-9-18)25-20(26)15-19(22(25)28)24-12-10-16(11-13-24)21(23)27/h6-9,16,19H,2-5,10-15H2,1H3,(H2,23,27)/t19-/m0/s1. The number of imide groups is 1. The van der Waals surface area contributed by atoms with Crippen LogP contribution in [0.1, 0.15) is 51.9 Å². The van der Waals surface area contributed by atoms with E-state index in [4.69, 9.17) is 10.5 Å². The Morgan fingerprint density at radius 1 is 1.10 bits per heavy atom. The van der Waals surface area contributed by atoms with Crippen molar-refractivity contribution in [1.82, 2.24) is 4.90 Å². The van der Waals surface area contributed by atoms with Gasteiger partial charge in [0.2, 0.25) is 11.8 Å². The third-order valence-electron chi connectivity index (χ3n) is 5.86. The minimum atomic E-state index is -0.453. The van der Waals surface area contributed by atoms with E-state index in [0.717, 1.165) is 18.6 Å². The van der Waals surface area contributed by atoms with Crippen LogP contribution < -0.4 is 15.4 Å². The first-order valence-corrected chi connectivity index (χ1v) is 10.6. The normalized spacial score (nSPS) is 21.0. The van der Waals surface area contributed by atoms with Crippen molar-refractivity contribution >= 4 is 23.4 Å². The van der Waals surface area contributed by atoms with Gasteiger partial charge < -0.3 is 10.5 Å². The molecule has 2 aliphatic rings. The molecule has 158 valence electrons. The van der Waals surface area contributed by atoms with E-state index in [1.165, 1.54) is 17.7 Å². The van der Waals surface area contributed by atoms with Crippen molar-refractivity contribution in [2.24, 2.45) is 11.7 Å². The quantitative estimate of drug-likeness (QED) is 0.507. The summed E-state index contributed by atoms with van der Waals surface area (Å²) < 4.78 is 5.74. The molecule has 2 aliphatic heterocycles. The summed E-state index contributed by atoms with van der Waals surface area (Å²) >= 11 is 0. The third-order valence-corrected chi connectivity index (χ3v) is 5.86. The Bertz CT molecular complexity index is 726. The van der Waals surface area contributed by atoms with Crippen molar-refractivity contribution in [3.63, 3.8) is 0 Å². The van der Waals surface area contributed by atoms with Gasteiger partial charge in [-0.15, -0.1) is 0 Å². The summed E-state index contributed by atoms with van der Waals surface area (Å²) in [6.45, 7) is 4.06. The highest BCUT2D eigenvalue weighted by Crippen LogP contribution is 2.29. The molecule has 2 fully saturated rings. The van der Waals surface area contributed by atoms with Gasteiger partial charge in [0.05, 0.1) is 24.8 Å². The van der Waals surface area contributed by atoms with Crippen LogP contribution in [0.4, 0.5) is 5.69 Å². The second-order valence-corrected chi connectivity index (χ2v) is 7.90. The molecule has 3 rings (SSSR count). The van der Waals surface area contributed by atoms with Gasteiger partial charge in [0.15, 0.2) is 0 Å². The molecule has 2 N–H and O–H groups in total. The SMILES string of the molecule is CCCCCCOc1ccc(N2C(=O)C[C@H](N3CCC(C(N)=O)CC3)C2=O)cc1. The lowest BCUT2D eigenvalue weighted by atomic mass is 9.95. The first-order chi connectivity index (χ1) is 14.0. The summed E-state index contributed by atoms with van der Waals surface area (Å²) in [7, 11) is 0. The minimum Gasteiger partial charge on any atom is -0.494 e. The van der Waals surface area contributed by atoms with Gasteiger partial charge in [0, 0.05) is 5.92 Å². The van der Waals surface area contributed by atoms with Gasteiger partial charge in [-0.05, 0) is 56.6 Å². The molecule has 2 saturated heterocycles. The lowest BCUT2D eigenvalue weighted by molar-refractivity contribution is -0.124. The maximum absolute atomic E-state index is 12.9. The molecule has 29 heavy (non-hydrogen) atoms. The summed E-state index contributed by atoms with van der Waals surface area (Å²) in [6.07, 6.45) is 6.03. The number of carbonyl (C=O) groups is 3. The van der Waals surface area contributed by atoms with Gasteiger partial charge in [-0.2, -0.15) is 0 Å². The molecule has 0 bridgehead atoms. The number of anilines is 1. The Labute approximate surface area is 172 Å². The molecular formula is C22H31N3O4. The van der Waals surface area contributed by atoms with Gasteiger partial charge >= 0.3 is 0 Å². The number of ether oxygens (including phenoxy) is 1. The zero-order valence-corrected chi connectivity index (χ0v) is 17.1. The van der Waals surface area contributed by atoms with E-state index in [0.29, 0.717) is 38.2 Å². The zero-order chi connectivity index (χ0) is 20.8. The fourth-order valence-corrected chi connectivity index (χ4v) is 4.08. The molecule has 0 aliphatic carbocycles. The third kappa shape index (κ3) is 5.15. The first-order valence-electron chi connectivity index (χ1n) is 10.6. The maximum atomic E-state index is 12.9. The summed E-state index contributed by atoms with van der Waals surface area (Å²) in [5.41, 5.74) is 5.96. The zero-order valence-electron chi connectivity index (χ0n) is 17.1. The monoisotopic (exact) mass is 401 g/mol. The number of piperidine rings is 1. The number of likely N-dealkylation sites (tertiary alicyclic amines) is 1. The van der Waals surface area contributed by atoms with Crippen molar-refractivity contribution in [1.29, 1.82) is 0 Å². The topological polar surface area (TPSA) is 92.9 Å². The molecule has 7 nitrogen and oxygen atoms in total. The van der Waals surface area contributed by atoms with Crippen molar-refractivity contribution in [3.05, 3.63) is 24.3 Å². The molecule has 3 amide bonds. The Balaban J connectivity index is 1.56. The molecule has 2 heterocycles. The molecule has 1 atom stereocenters. The number of nitrogens with zero attached hydrogens (tertiary/aromatic N) is 2.